The molecule has 116 valence electrons. The van der Waals surface area contributed by atoms with Crippen LogP contribution in [0.1, 0.15) is 33.1 Å². The molecule has 0 saturated carbocycles. The van der Waals surface area contributed by atoms with Gasteiger partial charge in [-0.05, 0) is 40.4 Å². The van der Waals surface area contributed by atoms with Crippen LogP contribution in [-0.2, 0) is 0 Å². The van der Waals surface area contributed by atoms with Gasteiger partial charge in [0.05, 0.1) is 11.6 Å². The van der Waals surface area contributed by atoms with E-state index in [2.05, 4.69) is 22.6 Å². The summed E-state index contributed by atoms with van der Waals surface area (Å²) < 4.78 is 4.52. The van der Waals surface area contributed by atoms with Crippen LogP contribution >= 0.6 is 11.5 Å². The van der Waals surface area contributed by atoms with Crippen molar-refractivity contribution >= 4 is 23.4 Å². The molecule has 1 aliphatic carbocycles. The summed E-state index contributed by atoms with van der Waals surface area (Å²) in [5, 5.41) is 1.98. The van der Waals surface area contributed by atoms with Gasteiger partial charge in [0.2, 0.25) is 0 Å². The van der Waals surface area contributed by atoms with Crippen molar-refractivity contribution in [3.8, 4) is 0 Å². The summed E-state index contributed by atoms with van der Waals surface area (Å²) in [5.41, 5.74) is 5.05. The van der Waals surface area contributed by atoms with E-state index in [-0.39, 0.29) is 11.7 Å². The van der Waals surface area contributed by atoms with Gasteiger partial charge in [-0.15, -0.1) is 0 Å². The van der Waals surface area contributed by atoms with Crippen LogP contribution in [0.25, 0.3) is 6.08 Å². The standard InChI is InChI=1S/C21H15NOS/c23-20(16-7-2-1-3-8-16)14-17-11-10-15-6-4-5-9-18(15)21(17)19-12-13-24-22-19/h1-14,21H. The fourth-order valence-corrected chi connectivity index (χ4v) is 3.61. The predicted octanol–water partition coefficient (Wildman–Crippen LogP) is 5.11. The van der Waals surface area contributed by atoms with E-state index in [1.807, 2.05) is 60.0 Å². The van der Waals surface area contributed by atoms with Gasteiger partial charge in [-0.25, -0.2) is 0 Å². The van der Waals surface area contributed by atoms with Gasteiger partial charge in [0, 0.05) is 10.9 Å². The highest BCUT2D eigenvalue weighted by Crippen LogP contribution is 2.38. The molecule has 1 atom stereocenters. The molecule has 0 N–H and O–H groups in total. The van der Waals surface area contributed by atoms with E-state index < -0.39 is 0 Å². The average molecular weight is 329 g/mol. The van der Waals surface area contributed by atoms with Crippen molar-refractivity contribution in [2.75, 3.05) is 0 Å². The average Bonchev–Trinajstić information content (AvgIpc) is 3.16. The lowest BCUT2D eigenvalue weighted by Gasteiger charge is -2.23. The lowest BCUT2D eigenvalue weighted by molar-refractivity contribution is 0.104. The molecule has 0 bridgehead atoms. The smallest absolute Gasteiger partial charge is 0.186 e. The highest BCUT2D eigenvalue weighted by atomic mass is 32.1. The van der Waals surface area contributed by atoms with E-state index in [1.54, 1.807) is 6.08 Å². The number of rotatable bonds is 3. The summed E-state index contributed by atoms with van der Waals surface area (Å²) >= 11 is 1.44. The van der Waals surface area contributed by atoms with Gasteiger partial charge >= 0.3 is 0 Å². The van der Waals surface area contributed by atoms with Crippen LogP contribution in [-0.4, -0.2) is 10.2 Å². The Bertz CT molecular complexity index is 923. The molecular weight excluding hydrogens is 314 g/mol. The van der Waals surface area contributed by atoms with Gasteiger partial charge in [-0.2, -0.15) is 4.37 Å². The first-order valence-corrected chi connectivity index (χ1v) is 8.65. The number of ketones is 1. The summed E-state index contributed by atoms with van der Waals surface area (Å²) in [6, 6.07) is 19.7. The van der Waals surface area contributed by atoms with Crippen molar-refractivity contribution < 1.29 is 4.79 Å². The molecule has 0 saturated heterocycles. The number of carbonyl (C=O) groups is 1. The summed E-state index contributed by atoms with van der Waals surface area (Å²) in [4.78, 5) is 12.6. The molecule has 3 heteroatoms. The van der Waals surface area contributed by atoms with Gasteiger partial charge in [-0.1, -0.05) is 66.7 Å². The molecular formula is C21H15NOS. The van der Waals surface area contributed by atoms with Crippen LogP contribution in [0.2, 0.25) is 0 Å². The van der Waals surface area contributed by atoms with E-state index in [1.165, 1.54) is 22.7 Å². The molecule has 0 radical (unpaired) electrons. The topological polar surface area (TPSA) is 30.0 Å². The summed E-state index contributed by atoms with van der Waals surface area (Å²) in [6.07, 6.45) is 5.85. The molecule has 1 unspecified atom stereocenters. The van der Waals surface area contributed by atoms with Crippen LogP contribution in [0.4, 0.5) is 0 Å². The minimum absolute atomic E-state index is 0.00473. The normalized spacial score (nSPS) is 17.7. The number of hydrogen-bond acceptors (Lipinski definition) is 3. The summed E-state index contributed by atoms with van der Waals surface area (Å²) in [7, 11) is 0. The van der Waals surface area contributed by atoms with E-state index >= 15 is 0 Å². The van der Waals surface area contributed by atoms with Crippen molar-refractivity contribution in [2.45, 2.75) is 5.92 Å². The summed E-state index contributed by atoms with van der Waals surface area (Å²) in [6.45, 7) is 0. The van der Waals surface area contributed by atoms with Gasteiger partial charge in [-0.3, -0.25) is 4.79 Å². The Morgan fingerprint density at radius 1 is 0.958 bits per heavy atom. The number of carbonyl (C=O) groups excluding carboxylic acids is 1. The van der Waals surface area contributed by atoms with Crippen molar-refractivity contribution in [3.63, 3.8) is 0 Å². The number of aromatic nitrogens is 1. The molecule has 4 rings (SSSR count). The zero-order valence-corrected chi connectivity index (χ0v) is 13.7. The fourth-order valence-electron chi connectivity index (χ4n) is 3.06. The maximum atomic E-state index is 12.6. The Hall–Kier alpha value is -2.78. The Kier molecular flexibility index (Phi) is 3.93. The molecule has 1 heterocycles. The fraction of sp³-hybridized carbons (Fsp3) is 0.0476. The zero-order chi connectivity index (χ0) is 16.4. The quantitative estimate of drug-likeness (QED) is 0.493. The first kappa shape index (κ1) is 14.8. The van der Waals surface area contributed by atoms with E-state index in [0.717, 1.165) is 11.3 Å². The van der Waals surface area contributed by atoms with Crippen LogP contribution < -0.4 is 0 Å². The summed E-state index contributed by atoms with van der Waals surface area (Å²) in [5.74, 6) is 0.0278. The number of nitrogens with zero attached hydrogens (tertiary/aromatic N) is 1. The van der Waals surface area contributed by atoms with Crippen LogP contribution in [0.15, 0.2) is 83.8 Å². The second-order valence-corrected chi connectivity index (χ2v) is 6.36. The lowest BCUT2D eigenvalue weighted by Crippen LogP contribution is -2.10. The Balaban J connectivity index is 1.80. The van der Waals surface area contributed by atoms with E-state index in [9.17, 15) is 4.79 Å². The van der Waals surface area contributed by atoms with Crippen molar-refractivity contribution in [2.24, 2.45) is 0 Å². The SMILES string of the molecule is O=C(C=C1C=Cc2ccccc2C1c1ccsn1)c1ccccc1. The van der Waals surface area contributed by atoms with Crippen molar-refractivity contribution in [1.82, 2.24) is 4.37 Å². The van der Waals surface area contributed by atoms with Gasteiger partial charge < -0.3 is 0 Å². The molecule has 1 aliphatic rings. The second-order valence-electron chi connectivity index (χ2n) is 5.69. The number of hydrogen-bond donors (Lipinski definition) is 0. The van der Waals surface area contributed by atoms with Crippen molar-refractivity contribution in [3.05, 3.63) is 106 Å². The third-order valence-electron chi connectivity index (χ3n) is 4.21. The van der Waals surface area contributed by atoms with E-state index in [0.29, 0.717) is 5.56 Å². The van der Waals surface area contributed by atoms with Crippen LogP contribution in [0, 0.1) is 0 Å². The Morgan fingerprint density at radius 2 is 1.75 bits per heavy atom. The Morgan fingerprint density at radius 3 is 2.54 bits per heavy atom. The molecule has 2 aromatic carbocycles. The maximum Gasteiger partial charge on any atom is 0.186 e. The van der Waals surface area contributed by atoms with Crippen molar-refractivity contribution in [1.29, 1.82) is 0 Å². The van der Waals surface area contributed by atoms with Crippen LogP contribution in [0.3, 0.4) is 0 Å². The number of fused-ring (bicyclic) bond motifs is 1. The Labute approximate surface area is 145 Å². The molecule has 0 fully saturated rings. The zero-order valence-electron chi connectivity index (χ0n) is 12.9. The van der Waals surface area contributed by atoms with E-state index in [4.69, 9.17) is 0 Å². The molecule has 0 spiro atoms. The maximum absolute atomic E-state index is 12.6. The molecule has 0 amide bonds. The second kappa shape index (κ2) is 6.38. The number of allylic oxidation sites excluding steroid dienone is 3. The minimum atomic E-state index is 0.00473. The highest BCUT2D eigenvalue weighted by Gasteiger charge is 2.25. The van der Waals surface area contributed by atoms with Gasteiger partial charge in [0.15, 0.2) is 5.78 Å². The van der Waals surface area contributed by atoms with Gasteiger partial charge in [0.1, 0.15) is 0 Å². The molecule has 3 aromatic rings. The van der Waals surface area contributed by atoms with Crippen LogP contribution in [0.5, 0.6) is 0 Å². The number of benzene rings is 2. The largest absolute Gasteiger partial charge is 0.289 e. The molecule has 0 aliphatic heterocycles. The lowest BCUT2D eigenvalue weighted by atomic mass is 9.80. The first-order chi connectivity index (χ1) is 11.8. The minimum Gasteiger partial charge on any atom is -0.289 e. The molecule has 1 aromatic heterocycles. The monoisotopic (exact) mass is 329 g/mol. The molecule has 2 nitrogen and oxygen atoms in total. The molecule has 24 heavy (non-hydrogen) atoms. The third-order valence-corrected chi connectivity index (χ3v) is 4.78. The van der Waals surface area contributed by atoms with Gasteiger partial charge in [0.25, 0.3) is 0 Å². The third kappa shape index (κ3) is 2.74. The predicted molar refractivity (Wildman–Crippen MR) is 98.3 cm³/mol. The highest BCUT2D eigenvalue weighted by molar-refractivity contribution is 7.03. The first-order valence-electron chi connectivity index (χ1n) is 7.81.